The second-order valence-corrected chi connectivity index (χ2v) is 7.36. The average Bonchev–Trinajstić information content (AvgIpc) is 2.70. The fourth-order valence-corrected chi connectivity index (χ4v) is 4.26. The highest BCUT2D eigenvalue weighted by atomic mass is 32.2. The summed E-state index contributed by atoms with van der Waals surface area (Å²) in [4.78, 5) is 2.62. The number of sulfonamides is 1. The second kappa shape index (κ2) is 7.35. The highest BCUT2D eigenvalue weighted by Gasteiger charge is 2.27. The lowest BCUT2D eigenvalue weighted by Crippen LogP contribution is -2.35. The van der Waals surface area contributed by atoms with Crippen LogP contribution in [0.25, 0.3) is 0 Å². The Labute approximate surface area is 128 Å². The highest BCUT2D eigenvalue weighted by molar-refractivity contribution is 7.89. The van der Waals surface area contributed by atoms with Gasteiger partial charge in [0.15, 0.2) is 0 Å². The molecule has 6 heteroatoms. The molecule has 1 saturated heterocycles. The van der Waals surface area contributed by atoms with Crippen LogP contribution < -0.4 is 5.32 Å². The van der Waals surface area contributed by atoms with Gasteiger partial charge in [-0.25, -0.2) is 8.42 Å². The Hall–Kier alpha value is -0.950. The summed E-state index contributed by atoms with van der Waals surface area (Å²) in [6.45, 7) is 6.32. The fraction of sp³-hybridized carbons (Fsp3) is 0.600. The van der Waals surface area contributed by atoms with Gasteiger partial charge in [0.25, 0.3) is 0 Å². The van der Waals surface area contributed by atoms with Crippen LogP contribution in [0.3, 0.4) is 0 Å². The van der Waals surface area contributed by atoms with Gasteiger partial charge >= 0.3 is 0 Å². The zero-order valence-corrected chi connectivity index (χ0v) is 13.7. The van der Waals surface area contributed by atoms with Crippen molar-refractivity contribution in [1.82, 2.24) is 14.5 Å². The van der Waals surface area contributed by atoms with E-state index >= 15 is 0 Å². The second-order valence-electron chi connectivity index (χ2n) is 5.45. The van der Waals surface area contributed by atoms with Crippen LogP contribution in [0.1, 0.15) is 18.9 Å². The highest BCUT2D eigenvalue weighted by Crippen LogP contribution is 2.21. The summed E-state index contributed by atoms with van der Waals surface area (Å²) in [5.41, 5.74) is 0.844. The Bertz CT molecular complexity index is 560. The van der Waals surface area contributed by atoms with Crippen molar-refractivity contribution in [3.05, 3.63) is 29.8 Å². The van der Waals surface area contributed by atoms with Crippen molar-refractivity contribution >= 4 is 10.0 Å². The monoisotopic (exact) mass is 311 g/mol. The number of rotatable bonds is 5. The first kappa shape index (κ1) is 16.4. The first-order valence-electron chi connectivity index (χ1n) is 7.53. The molecular weight excluding hydrogens is 286 g/mol. The summed E-state index contributed by atoms with van der Waals surface area (Å²) in [5, 5.41) is 3.21. The quantitative estimate of drug-likeness (QED) is 0.885. The number of benzene rings is 1. The smallest absolute Gasteiger partial charge is 0.243 e. The maximum Gasteiger partial charge on any atom is 0.243 e. The van der Waals surface area contributed by atoms with Gasteiger partial charge in [0.1, 0.15) is 0 Å². The number of nitrogens with one attached hydrogen (secondary N) is 1. The largest absolute Gasteiger partial charge is 0.313 e. The zero-order valence-electron chi connectivity index (χ0n) is 12.9. The molecule has 21 heavy (non-hydrogen) atoms. The van der Waals surface area contributed by atoms with Crippen LogP contribution >= 0.6 is 0 Å². The van der Waals surface area contributed by atoms with Gasteiger partial charge in [0.2, 0.25) is 10.0 Å². The predicted molar refractivity (Wildman–Crippen MR) is 84.7 cm³/mol. The van der Waals surface area contributed by atoms with Gasteiger partial charge in [-0.05, 0) is 38.2 Å². The lowest BCUT2D eigenvalue weighted by molar-refractivity contribution is 0.347. The normalized spacial score (nSPS) is 18.6. The van der Waals surface area contributed by atoms with Crippen LogP contribution in [-0.4, -0.2) is 57.4 Å². The minimum atomic E-state index is -3.40. The molecule has 0 bridgehead atoms. The summed E-state index contributed by atoms with van der Waals surface area (Å²) < 4.78 is 27.4. The van der Waals surface area contributed by atoms with E-state index in [0.717, 1.165) is 31.6 Å². The first-order valence-corrected chi connectivity index (χ1v) is 8.97. The number of nitrogens with zero attached hydrogens (tertiary/aromatic N) is 2. The third kappa shape index (κ3) is 4.03. The van der Waals surface area contributed by atoms with E-state index in [1.807, 2.05) is 26.1 Å². The molecule has 0 aliphatic carbocycles. The molecule has 0 radical (unpaired) electrons. The van der Waals surface area contributed by atoms with Crippen LogP contribution in [0.5, 0.6) is 0 Å². The molecule has 1 aliphatic heterocycles. The Kier molecular flexibility index (Phi) is 5.75. The van der Waals surface area contributed by atoms with Crippen molar-refractivity contribution in [2.24, 2.45) is 0 Å². The Morgan fingerprint density at radius 3 is 2.67 bits per heavy atom. The molecule has 0 saturated carbocycles. The van der Waals surface area contributed by atoms with Gasteiger partial charge in [-0.3, -0.25) is 0 Å². The van der Waals surface area contributed by atoms with Gasteiger partial charge in [-0.15, -0.1) is 0 Å². The van der Waals surface area contributed by atoms with Crippen molar-refractivity contribution in [2.45, 2.75) is 24.8 Å². The molecule has 118 valence electrons. The molecule has 1 fully saturated rings. The van der Waals surface area contributed by atoms with Gasteiger partial charge in [0, 0.05) is 26.2 Å². The first-order chi connectivity index (χ1) is 10.1. The van der Waals surface area contributed by atoms with Crippen molar-refractivity contribution in [3.8, 4) is 0 Å². The molecule has 1 N–H and O–H groups in total. The van der Waals surface area contributed by atoms with Crippen LogP contribution in [0, 0.1) is 0 Å². The van der Waals surface area contributed by atoms with Gasteiger partial charge in [-0.1, -0.05) is 25.1 Å². The molecule has 1 aromatic carbocycles. The Morgan fingerprint density at radius 1 is 1.14 bits per heavy atom. The van der Waals surface area contributed by atoms with Crippen LogP contribution in [0.2, 0.25) is 0 Å². The molecular formula is C15H25N3O2S. The van der Waals surface area contributed by atoms with Gasteiger partial charge < -0.3 is 10.2 Å². The van der Waals surface area contributed by atoms with E-state index in [-0.39, 0.29) is 0 Å². The summed E-state index contributed by atoms with van der Waals surface area (Å²) in [6, 6.07) is 7.30. The van der Waals surface area contributed by atoms with E-state index in [1.165, 1.54) is 0 Å². The third-order valence-corrected chi connectivity index (χ3v) is 5.83. The van der Waals surface area contributed by atoms with E-state index in [2.05, 4.69) is 10.2 Å². The van der Waals surface area contributed by atoms with E-state index in [0.29, 0.717) is 24.5 Å². The lowest BCUT2D eigenvalue weighted by atomic mass is 10.2. The molecule has 0 aromatic heterocycles. The minimum Gasteiger partial charge on any atom is -0.313 e. The maximum absolute atomic E-state index is 12.9. The summed E-state index contributed by atoms with van der Waals surface area (Å²) in [6.07, 6.45) is 0.880. The predicted octanol–water partition coefficient (Wildman–Crippen LogP) is 1.12. The topological polar surface area (TPSA) is 52.7 Å². The molecule has 5 nitrogen and oxygen atoms in total. The van der Waals surface area contributed by atoms with E-state index in [4.69, 9.17) is 0 Å². The standard InChI is InChI=1S/C15H25N3O2S/c1-3-16-13-14-7-4-5-8-15(14)21(19,20)18-10-6-9-17(2)11-12-18/h4-5,7-8,16H,3,6,9-13H2,1-2H3. The fourth-order valence-electron chi connectivity index (χ4n) is 2.56. The van der Waals surface area contributed by atoms with Crippen molar-refractivity contribution < 1.29 is 8.42 Å². The third-order valence-electron chi connectivity index (χ3n) is 3.83. The SMILES string of the molecule is CCNCc1ccccc1S(=O)(=O)N1CCCN(C)CC1. The Morgan fingerprint density at radius 2 is 1.90 bits per heavy atom. The molecule has 1 aliphatic rings. The van der Waals surface area contributed by atoms with Crippen molar-refractivity contribution in [1.29, 1.82) is 0 Å². The molecule has 1 heterocycles. The number of hydrogen-bond donors (Lipinski definition) is 1. The molecule has 1 aromatic rings. The molecule has 0 unspecified atom stereocenters. The average molecular weight is 311 g/mol. The van der Waals surface area contributed by atoms with Gasteiger partial charge in [-0.2, -0.15) is 4.31 Å². The number of hydrogen-bond acceptors (Lipinski definition) is 4. The molecule has 2 rings (SSSR count). The summed E-state index contributed by atoms with van der Waals surface area (Å²) >= 11 is 0. The Balaban J connectivity index is 2.26. The van der Waals surface area contributed by atoms with E-state index in [9.17, 15) is 8.42 Å². The summed E-state index contributed by atoms with van der Waals surface area (Å²) in [7, 11) is -1.37. The van der Waals surface area contributed by atoms with Crippen LogP contribution in [0.15, 0.2) is 29.2 Å². The molecule has 0 spiro atoms. The number of likely N-dealkylation sites (N-methyl/N-ethyl adjacent to an activating group) is 1. The van der Waals surface area contributed by atoms with E-state index < -0.39 is 10.0 Å². The summed E-state index contributed by atoms with van der Waals surface area (Å²) in [5.74, 6) is 0. The lowest BCUT2D eigenvalue weighted by Gasteiger charge is -2.22. The maximum atomic E-state index is 12.9. The van der Waals surface area contributed by atoms with Crippen LogP contribution in [-0.2, 0) is 16.6 Å². The molecule has 0 atom stereocenters. The van der Waals surface area contributed by atoms with Crippen LogP contribution in [0.4, 0.5) is 0 Å². The van der Waals surface area contributed by atoms with E-state index in [1.54, 1.807) is 16.4 Å². The zero-order chi connectivity index (χ0) is 15.3. The minimum absolute atomic E-state index is 0.440. The van der Waals surface area contributed by atoms with Gasteiger partial charge in [0.05, 0.1) is 4.90 Å². The van der Waals surface area contributed by atoms with Crippen molar-refractivity contribution in [2.75, 3.05) is 39.8 Å². The molecule has 0 amide bonds. The van der Waals surface area contributed by atoms with Crippen molar-refractivity contribution in [3.63, 3.8) is 0 Å².